The van der Waals surface area contributed by atoms with E-state index in [2.05, 4.69) is 4.72 Å². The molecule has 158 valence electrons. The SMILES string of the molecule is Cc1cccc(OCCN(C)C(=O)c2ccc(S(=O)(=O)NCc3ccco3)cc2)c1. The summed E-state index contributed by atoms with van der Waals surface area (Å²) in [6, 6.07) is 16.9. The van der Waals surface area contributed by atoms with Gasteiger partial charge in [-0.2, -0.15) is 0 Å². The van der Waals surface area contributed by atoms with E-state index in [-0.39, 0.29) is 17.3 Å². The molecule has 0 spiro atoms. The fourth-order valence-corrected chi connectivity index (χ4v) is 3.76. The third-order valence-electron chi connectivity index (χ3n) is 4.46. The molecule has 0 bridgehead atoms. The van der Waals surface area contributed by atoms with Crippen molar-refractivity contribution in [3.05, 3.63) is 83.8 Å². The first-order chi connectivity index (χ1) is 14.3. The lowest BCUT2D eigenvalue weighted by Crippen LogP contribution is -2.31. The Labute approximate surface area is 176 Å². The zero-order chi connectivity index (χ0) is 21.6. The van der Waals surface area contributed by atoms with Gasteiger partial charge in [-0.1, -0.05) is 12.1 Å². The van der Waals surface area contributed by atoms with E-state index < -0.39 is 10.0 Å². The number of benzene rings is 2. The molecule has 0 atom stereocenters. The topological polar surface area (TPSA) is 88.8 Å². The quantitative estimate of drug-likeness (QED) is 0.565. The van der Waals surface area contributed by atoms with Crippen LogP contribution in [0.3, 0.4) is 0 Å². The van der Waals surface area contributed by atoms with Crippen LogP contribution >= 0.6 is 0 Å². The predicted molar refractivity (Wildman–Crippen MR) is 113 cm³/mol. The standard InChI is InChI=1S/C22H24N2O5S/c1-17-5-3-6-19(15-17)29-14-12-24(2)22(25)18-8-10-21(11-9-18)30(26,27)23-16-20-7-4-13-28-20/h3-11,13,15,23H,12,14,16H2,1-2H3. The van der Waals surface area contributed by atoms with Crippen LogP contribution in [0.2, 0.25) is 0 Å². The number of furan rings is 1. The minimum absolute atomic E-state index is 0.0552. The molecule has 30 heavy (non-hydrogen) atoms. The summed E-state index contributed by atoms with van der Waals surface area (Å²) in [5.74, 6) is 1.06. The Bertz CT molecular complexity index is 1080. The number of sulfonamides is 1. The van der Waals surface area contributed by atoms with Gasteiger partial charge in [-0.25, -0.2) is 13.1 Å². The fourth-order valence-electron chi connectivity index (χ4n) is 2.77. The van der Waals surface area contributed by atoms with E-state index in [0.717, 1.165) is 11.3 Å². The zero-order valence-electron chi connectivity index (χ0n) is 16.9. The van der Waals surface area contributed by atoms with Gasteiger partial charge in [0.2, 0.25) is 10.0 Å². The zero-order valence-corrected chi connectivity index (χ0v) is 17.7. The maximum atomic E-state index is 12.6. The average molecular weight is 429 g/mol. The average Bonchev–Trinajstić information content (AvgIpc) is 3.26. The molecule has 0 aliphatic heterocycles. The molecule has 7 nitrogen and oxygen atoms in total. The fraction of sp³-hybridized carbons (Fsp3) is 0.227. The van der Waals surface area contributed by atoms with Crippen LogP contribution in [0, 0.1) is 6.92 Å². The summed E-state index contributed by atoms with van der Waals surface area (Å²) in [5, 5.41) is 0. The van der Waals surface area contributed by atoms with Crippen molar-refractivity contribution in [2.75, 3.05) is 20.2 Å². The summed E-state index contributed by atoms with van der Waals surface area (Å²) >= 11 is 0. The van der Waals surface area contributed by atoms with Gasteiger partial charge in [0.05, 0.1) is 24.2 Å². The first-order valence-corrected chi connectivity index (χ1v) is 10.9. The van der Waals surface area contributed by atoms with Crippen LogP contribution in [-0.4, -0.2) is 39.4 Å². The molecule has 8 heteroatoms. The van der Waals surface area contributed by atoms with Crippen LogP contribution < -0.4 is 9.46 Å². The number of aryl methyl sites for hydroxylation is 1. The molecule has 2 aromatic carbocycles. The van der Waals surface area contributed by atoms with E-state index in [9.17, 15) is 13.2 Å². The van der Waals surface area contributed by atoms with Gasteiger partial charge in [0, 0.05) is 12.6 Å². The summed E-state index contributed by atoms with van der Waals surface area (Å²) in [6.45, 7) is 2.80. The van der Waals surface area contributed by atoms with Crippen LogP contribution in [0.5, 0.6) is 5.75 Å². The lowest BCUT2D eigenvalue weighted by Gasteiger charge is -2.18. The molecule has 3 aromatic rings. The monoisotopic (exact) mass is 428 g/mol. The molecule has 0 saturated carbocycles. The lowest BCUT2D eigenvalue weighted by atomic mass is 10.2. The lowest BCUT2D eigenvalue weighted by molar-refractivity contribution is 0.0773. The second-order valence-electron chi connectivity index (χ2n) is 6.82. The highest BCUT2D eigenvalue weighted by atomic mass is 32.2. The maximum Gasteiger partial charge on any atom is 0.253 e. The van der Waals surface area contributed by atoms with Gasteiger partial charge in [-0.15, -0.1) is 0 Å². The number of carbonyl (C=O) groups excluding carboxylic acids is 1. The highest BCUT2D eigenvalue weighted by molar-refractivity contribution is 7.89. The number of hydrogen-bond acceptors (Lipinski definition) is 5. The highest BCUT2D eigenvalue weighted by Crippen LogP contribution is 2.14. The molecule has 1 N–H and O–H groups in total. The minimum Gasteiger partial charge on any atom is -0.492 e. The largest absolute Gasteiger partial charge is 0.492 e. The normalized spacial score (nSPS) is 11.3. The van der Waals surface area contributed by atoms with E-state index in [0.29, 0.717) is 24.5 Å². The number of nitrogens with zero attached hydrogens (tertiary/aromatic N) is 1. The van der Waals surface area contributed by atoms with Gasteiger partial charge in [0.25, 0.3) is 5.91 Å². The first-order valence-electron chi connectivity index (χ1n) is 9.42. The Morgan fingerprint density at radius 1 is 1.10 bits per heavy atom. The molecule has 3 rings (SSSR count). The van der Waals surface area contributed by atoms with Crippen LogP contribution in [-0.2, 0) is 16.6 Å². The van der Waals surface area contributed by atoms with Gasteiger partial charge in [-0.05, 0) is 61.0 Å². The van der Waals surface area contributed by atoms with Crippen molar-refractivity contribution in [3.8, 4) is 5.75 Å². The number of nitrogens with one attached hydrogen (secondary N) is 1. The third-order valence-corrected chi connectivity index (χ3v) is 5.88. The van der Waals surface area contributed by atoms with E-state index in [1.807, 2.05) is 31.2 Å². The third kappa shape index (κ3) is 5.71. The second-order valence-corrected chi connectivity index (χ2v) is 8.59. The van der Waals surface area contributed by atoms with Gasteiger partial charge in [0.1, 0.15) is 18.1 Å². The van der Waals surface area contributed by atoms with Crippen molar-refractivity contribution in [3.63, 3.8) is 0 Å². The van der Waals surface area contributed by atoms with Crippen LogP contribution in [0.4, 0.5) is 0 Å². The summed E-state index contributed by atoms with van der Waals surface area (Å²) in [5.41, 5.74) is 1.50. The molecule has 0 aliphatic rings. The number of amides is 1. The Morgan fingerprint density at radius 2 is 1.87 bits per heavy atom. The molecule has 1 heterocycles. The van der Waals surface area contributed by atoms with Crippen LogP contribution in [0.15, 0.2) is 76.2 Å². The number of hydrogen-bond donors (Lipinski definition) is 1. The van der Waals surface area contributed by atoms with E-state index in [4.69, 9.17) is 9.15 Å². The van der Waals surface area contributed by atoms with Crippen molar-refractivity contribution >= 4 is 15.9 Å². The number of carbonyl (C=O) groups is 1. The number of rotatable bonds is 9. The Hall–Kier alpha value is -3.10. The van der Waals surface area contributed by atoms with E-state index in [1.165, 1.54) is 35.4 Å². The van der Waals surface area contributed by atoms with Gasteiger partial charge in [0.15, 0.2) is 0 Å². The summed E-state index contributed by atoms with van der Waals surface area (Å²) in [7, 11) is -2.02. The maximum absolute atomic E-state index is 12.6. The van der Waals surface area contributed by atoms with Crippen LogP contribution in [0.1, 0.15) is 21.7 Å². The molecule has 0 saturated heterocycles. The predicted octanol–water partition coefficient (Wildman–Crippen LogP) is 3.22. The summed E-state index contributed by atoms with van der Waals surface area (Å²) < 4.78 is 38.0. The Morgan fingerprint density at radius 3 is 2.53 bits per heavy atom. The van der Waals surface area contributed by atoms with Crippen molar-refractivity contribution in [1.82, 2.24) is 9.62 Å². The Kier molecular flexibility index (Phi) is 6.91. The molecule has 1 amide bonds. The molecule has 0 unspecified atom stereocenters. The van der Waals surface area contributed by atoms with Crippen LogP contribution in [0.25, 0.3) is 0 Å². The molecular weight excluding hydrogens is 404 g/mol. The van der Waals surface area contributed by atoms with Gasteiger partial charge < -0.3 is 14.1 Å². The van der Waals surface area contributed by atoms with Gasteiger partial charge in [-0.3, -0.25) is 4.79 Å². The molecular formula is C22H24N2O5S. The number of ether oxygens (including phenoxy) is 1. The van der Waals surface area contributed by atoms with Crippen molar-refractivity contribution in [2.24, 2.45) is 0 Å². The van der Waals surface area contributed by atoms with Crippen molar-refractivity contribution < 1.29 is 22.4 Å². The van der Waals surface area contributed by atoms with Gasteiger partial charge >= 0.3 is 0 Å². The van der Waals surface area contributed by atoms with Crippen molar-refractivity contribution in [1.29, 1.82) is 0 Å². The highest BCUT2D eigenvalue weighted by Gasteiger charge is 2.17. The summed E-state index contributed by atoms with van der Waals surface area (Å²) in [4.78, 5) is 14.2. The smallest absolute Gasteiger partial charge is 0.253 e. The molecule has 0 radical (unpaired) electrons. The van der Waals surface area contributed by atoms with E-state index >= 15 is 0 Å². The van der Waals surface area contributed by atoms with Crippen molar-refractivity contribution in [2.45, 2.75) is 18.4 Å². The molecule has 1 aromatic heterocycles. The molecule has 0 aliphatic carbocycles. The summed E-state index contributed by atoms with van der Waals surface area (Å²) in [6.07, 6.45) is 1.48. The minimum atomic E-state index is -3.70. The molecule has 0 fully saturated rings. The first kappa shape index (κ1) is 21.6. The van der Waals surface area contributed by atoms with E-state index in [1.54, 1.807) is 19.2 Å². The second kappa shape index (κ2) is 9.60. The number of likely N-dealkylation sites (N-methyl/N-ethyl adjacent to an activating group) is 1. The Balaban J connectivity index is 1.54.